The van der Waals surface area contributed by atoms with E-state index in [0.717, 1.165) is 38.0 Å². The Morgan fingerprint density at radius 2 is 2.10 bits per heavy atom. The monoisotopic (exact) mass is 415 g/mol. The van der Waals surface area contributed by atoms with Crippen molar-refractivity contribution in [3.63, 3.8) is 0 Å². The molecule has 114 valence electrons. The second kappa shape index (κ2) is 6.91. The molecule has 5 N–H and O–H groups in total. The summed E-state index contributed by atoms with van der Waals surface area (Å²) in [5, 5.41) is 4.51. The van der Waals surface area contributed by atoms with Gasteiger partial charge in [0, 0.05) is 23.6 Å². The molecule has 0 aliphatic carbocycles. The number of hydrogen-bond acceptors (Lipinski definition) is 4. The Morgan fingerprint density at radius 1 is 1.38 bits per heavy atom. The molecule has 0 aliphatic rings. The molecule has 0 saturated heterocycles. The molecule has 0 radical (unpaired) electrons. The van der Waals surface area contributed by atoms with E-state index in [0.29, 0.717) is 6.42 Å². The molecule has 0 amide bonds. The number of nitrogen functional groups attached to an aromatic ring is 1. The van der Waals surface area contributed by atoms with E-state index in [-0.39, 0.29) is 6.04 Å². The molecule has 1 aromatic heterocycles. The van der Waals surface area contributed by atoms with Crippen LogP contribution in [-0.4, -0.2) is 9.78 Å². The summed E-state index contributed by atoms with van der Waals surface area (Å²) in [5.41, 5.74) is 12.8. The summed E-state index contributed by atoms with van der Waals surface area (Å²) in [7, 11) is 1.94. The predicted molar refractivity (Wildman–Crippen MR) is 92.6 cm³/mol. The number of halogens is 2. The fourth-order valence-corrected chi connectivity index (χ4v) is 3.50. The van der Waals surface area contributed by atoms with E-state index in [4.69, 9.17) is 11.6 Å². The third-order valence-electron chi connectivity index (χ3n) is 3.53. The summed E-state index contributed by atoms with van der Waals surface area (Å²) < 4.78 is 3.91. The predicted octanol–water partition coefficient (Wildman–Crippen LogP) is 2.84. The smallest absolute Gasteiger partial charge is 0.0766 e. The Bertz CT molecular complexity index is 639. The zero-order valence-corrected chi connectivity index (χ0v) is 15.2. The van der Waals surface area contributed by atoms with E-state index >= 15 is 0 Å². The number of nitrogens with zero attached hydrogens (tertiary/aromatic N) is 2. The Kier molecular flexibility index (Phi) is 5.43. The zero-order chi connectivity index (χ0) is 15.6. The van der Waals surface area contributed by atoms with E-state index in [2.05, 4.69) is 49.3 Å². The van der Waals surface area contributed by atoms with E-state index in [1.165, 1.54) is 0 Å². The van der Waals surface area contributed by atoms with Crippen molar-refractivity contribution in [2.75, 3.05) is 5.73 Å². The lowest BCUT2D eigenvalue weighted by molar-refractivity contribution is 0.530. The fourth-order valence-electron chi connectivity index (χ4n) is 2.34. The normalized spacial score (nSPS) is 12.6. The van der Waals surface area contributed by atoms with Crippen molar-refractivity contribution in [3.8, 4) is 0 Å². The van der Waals surface area contributed by atoms with Crippen molar-refractivity contribution in [2.24, 2.45) is 12.9 Å². The van der Waals surface area contributed by atoms with E-state index in [1.54, 1.807) is 0 Å². The topological polar surface area (TPSA) is 81.9 Å². The number of aryl methyl sites for hydroxylation is 2. The number of hydrogen-bond donors (Lipinski definition) is 3. The van der Waals surface area contributed by atoms with Gasteiger partial charge in [-0.05, 0) is 46.1 Å². The van der Waals surface area contributed by atoms with Gasteiger partial charge < -0.3 is 5.73 Å². The standard InChI is InChI=1S/C14H19Br2N5/c1-3-11-14(16)13(21(2)20-11)7-12(19-18)9-6-8(15)4-5-10(9)17/h4-6,12,19H,3,7,17-18H2,1-2H3. The van der Waals surface area contributed by atoms with E-state index in [9.17, 15) is 0 Å². The average Bonchev–Trinajstić information content (AvgIpc) is 2.74. The van der Waals surface area contributed by atoms with Crippen LogP contribution < -0.4 is 17.0 Å². The first kappa shape index (κ1) is 16.5. The first-order valence-corrected chi connectivity index (χ1v) is 8.27. The lowest BCUT2D eigenvalue weighted by atomic mass is 10.0. The van der Waals surface area contributed by atoms with Crippen LogP contribution in [0, 0.1) is 0 Å². The third kappa shape index (κ3) is 3.48. The van der Waals surface area contributed by atoms with E-state index in [1.807, 2.05) is 29.9 Å². The van der Waals surface area contributed by atoms with Gasteiger partial charge in [0.1, 0.15) is 0 Å². The summed E-state index contributed by atoms with van der Waals surface area (Å²) in [6.45, 7) is 2.09. The van der Waals surface area contributed by atoms with Crippen LogP contribution in [0.4, 0.5) is 5.69 Å². The molecule has 0 bridgehead atoms. The molecule has 21 heavy (non-hydrogen) atoms. The zero-order valence-electron chi connectivity index (χ0n) is 12.0. The summed E-state index contributed by atoms with van der Waals surface area (Å²) in [5.74, 6) is 5.75. The highest BCUT2D eigenvalue weighted by Crippen LogP contribution is 2.30. The SMILES string of the molecule is CCc1nn(C)c(CC(NN)c2cc(Br)ccc2N)c1Br. The summed E-state index contributed by atoms with van der Waals surface area (Å²) in [4.78, 5) is 0. The largest absolute Gasteiger partial charge is 0.398 e. The first-order chi connectivity index (χ1) is 9.97. The maximum atomic E-state index is 6.08. The van der Waals surface area contributed by atoms with E-state index < -0.39 is 0 Å². The second-order valence-corrected chi connectivity index (χ2v) is 6.59. The molecule has 0 spiro atoms. The fraction of sp³-hybridized carbons (Fsp3) is 0.357. The molecule has 1 heterocycles. The van der Waals surface area contributed by atoms with Crippen molar-refractivity contribution < 1.29 is 0 Å². The number of anilines is 1. The van der Waals surface area contributed by atoms with Crippen LogP contribution in [0.2, 0.25) is 0 Å². The van der Waals surface area contributed by atoms with Crippen LogP contribution in [0.25, 0.3) is 0 Å². The van der Waals surface area contributed by atoms with Gasteiger partial charge in [0.05, 0.1) is 21.9 Å². The van der Waals surface area contributed by atoms with Crippen LogP contribution in [0.5, 0.6) is 0 Å². The lowest BCUT2D eigenvalue weighted by Gasteiger charge is -2.19. The third-order valence-corrected chi connectivity index (χ3v) is 4.93. The summed E-state index contributed by atoms with van der Waals surface area (Å²) >= 11 is 7.11. The average molecular weight is 417 g/mol. The van der Waals surface area contributed by atoms with Crippen LogP contribution in [0.15, 0.2) is 27.1 Å². The molecule has 0 saturated carbocycles. The molecular formula is C14H19Br2N5. The van der Waals surface area contributed by atoms with Crippen molar-refractivity contribution in [2.45, 2.75) is 25.8 Å². The maximum Gasteiger partial charge on any atom is 0.0766 e. The summed E-state index contributed by atoms with van der Waals surface area (Å²) in [6.07, 6.45) is 1.58. The van der Waals surface area contributed by atoms with Gasteiger partial charge >= 0.3 is 0 Å². The first-order valence-electron chi connectivity index (χ1n) is 6.69. The number of benzene rings is 1. The molecule has 0 fully saturated rings. The maximum absolute atomic E-state index is 6.08. The molecule has 0 aliphatic heterocycles. The molecule has 2 aromatic rings. The second-order valence-electron chi connectivity index (χ2n) is 4.88. The molecular weight excluding hydrogens is 398 g/mol. The minimum Gasteiger partial charge on any atom is -0.398 e. The van der Waals surface area contributed by atoms with Crippen molar-refractivity contribution >= 4 is 37.5 Å². The molecule has 5 nitrogen and oxygen atoms in total. The van der Waals surface area contributed by atoms with Crippen LogP contribution in [0.3, 0.4) is 0 Å². The van der Waals surface area contributed by atoms with Crippen molar-refractivity contribution in [1.82, 2.24) is 15.2 Å². The van der Waals surface area contributed by atoms with Crippen LogP contribution in [-0.2, 0) is 19.9 Å². The molecule has 2 rings (SSSR count). The van der Waals surface area contributed by atoms with Crippen LogP contribution in [0.1, 0.15) is 29.9 Å². The number of nitrogens with one attached hydrogen (secondary N) is 1. The van der Waals surface area contributed by atoms with Gasteiger partial charge in [-0.3, -0.25) is 16.0 Å². The summed E-state index contributed by atoms with van der Waals surface area (Å²) in [6, 6.07) is 5.70. The minimum atomic E-state index is -0.0843. The highest BCUT2D eigenvalue weighted by molar-refractivity contribution is 9.10. The van der Waals surface area contributed by atoms with Crippen molar-refractivity contribution in [3.05, 3.63) is 44.1 Å². The number of aromatic nitrogens is 2. The van der Waals surface area contributed by atoms with Gasteiger partial charge in [-0.15, -0.1) is 0 Å². The number of nitrogens with two attached hydrogens (primary N) is 2. The van der Waals surface area contributed by atoms with Gasteiger partial charge in [-0.25, -0.2) is 0 Å². The Balaban J connectivity index is 2.36. The Morgan fingerprint density at radius 3 is 2.67 bits per heavy atom. The van der Waals surface area contributed by atoms with Gasteiger partial charge in [0.15, 0.2) is 0 Å². The highest BCUT2D eigenvalue weighted by atomic mass is 79.9. The van der Waals surface area contributed by atoms with Crippen molar-refractivity contribution in [1.29, 1.82) is 0 Å². The molecule has 1 atom stereocenters. The molecule has 1 unspecified atom stereocenters. The van der Waals surface area contributed by atoms with Gasteiger partial charge in [-0.2, -0.15) is 5.10 Å². The van der Waals surface area contributed by atoms with Crippen LogP contribution >= 0.6 is 31.9 Å². The Labute approximate surface area is 141 Å². The minimum absolute atomic E-state index is 0.0843. The van der Waals surface area contributed by atoms with Gasteiger partial charge in [0.2, 0.25) is 0 Å². The lowest BCUT2D eigenvalue weighted by Crippen LogP contribution is -2.30. The highest BCUT2D eigenvalue weighted by Gasteiger charge is 2.20. The number of rotatable bonds is 5. The quantitative estimate of drug-likeness (QED) is 0.397. The molecule has 1 aromatic carbocycles. The Hall–Kier alpha value is -0.890. The number of hydrazine groups is 1. The van der Waals surface area contributed by atoms with Gasteiger partial charge in [-0.1, -0.05) is 22.9 Å². The molecule has 7 heteroatoms. The van der Waals surface area contributed by atoms with Gasteiger partial charge in [0.25, 0.3) is 0 Å².